The topological polar surface area (TPSA) is 59.2 Å². The Morgan fingerprint density at radius 3 is 2.72 bits per heavy atom. The van der Waals surface area contributed by atoms with Gasteiger partial charge in [-0.3, -0.25) is 4.79 Å². The van der Waals surface area contributed by atoms with E-state index >= 15 is 0 Å². The molecule has 1 aliphatic rings. The molecule has 2 aromatic carbocycles. The third kappa shape index (κ3) is 3.87. The first-order valence-electron chi connectivity index (χ1n) is 9.18. The molecule has 0 N–H and O–H groups in total. The van der Waals surface area contributed by atoms with E-state index in [4.69, 9.17) is 4.52 Å². The number of alkyl halides is 3. The second-order valence-electron chi connectivity index (χ2n) is 7.04. The molecule has 3 aromatic rings. The van der Waals surface area contributed by atoms with E-state index < -0.39 is 17.8 Å². The molecule has 29 heavy (non-hydrogen) atoms. The Balaban J connectivity index is 1.60. The molecule has 0 saturated carbocycles. The average Bonchev–Trinajstić information content (AvgIpc) is 3.30. The number of likely N-dealkylation sites (tertiary alicyclic amines) is 1. The van der Waals surface area contributed by atoms with Gasteiger partial charge in [0.25, 0.3) is 0 Å². The second kappa shape index (κ2) is 7.35. The number of rotatable bonds is 4. The number of amides is 1. The van der Waals surface area contributed by atoms with Crippen LogP contribution in [0.15, 0.2) is 53.1 Å². The zero-order chi connectivity index (χ0) is 20.6. The molecule has 2 heterocycles. The van der Waals surface area contributed by atoms with Crippen molar-refractivity contribution in [3.63, 3.8) is 0 Å². The maximum absolute atomic E-state index is 13.0. The smallest absolute Gasteiger partial charge is 0.337 e. The van der Waals surface area contributed by atoms with Crippen LogP contribution in [-0.2, 0) is 17.5 Å². The number of aryl methyl sites for hydroxylation is 1. The van der Waals surface area contributed by atoms with Gasteiger partial charge in [-0.25, -0.2) is 0 Å². The summed E-state index contributed by atoms with van der Waals surface area (Å²) in [6.45, 7) is 2.39. The van der Waals surface area contributed by atoms with Crippen LogP contribution < -0.4 is 0 Å². The molecular weight excluding hydrogens is 383 g/mol. The lowest BCUT2D eigenvalue weighted by Crippen LogP contribution is -2.27. The summed E-state index contributed by atoms with van der Waals surface area (Å²) in [6, 6.07) is 12.2. The maximum atomic E-state index is 13.0. The predicted octanol–water partition coefficient (Wildman–Crippen LogP) is 4.93. The summed E-state index contributed by atoms with van der Waals surface area (Å²) in [4.78, 5) is 18.4. The van der Waals surface area contributed by atoms with Crippen molar-refractivity contribution in [3.05, 3.63) is 71.1 Å². The lowest BCUT2D eigenvalue weighted by molar-refractivity contribution is -0.137. The summed E-state index contributed by atoms with van der Waals surface area (Å²) < 4.78 is 44.2. The van der Waals surface area contributed by atoms with Crippen molar-refractivity contribution in [1.29, 1.82) is 0 Å². The summed E-state index contributed by atoms with van der Waals surface area (Å²) in [6.07, 6.45) is -3.57. The highest BCUT2D eigenvalue weighted by Gasteiger charge is 2.36. The Morgan fingerprint density at radius 2 is 1.97 bits per heavy atom. The van der Waals surface area contributed by atoms with Gasteiger partial charge < -0.3 is 9.42 Å². The number of nitrogens with zero attached hydrogens (tertiary/aromatic N) is 3. The fourth-order valence-corrected chi connectivity index (χ4v) is 3.48. The van der Waals surface area contributed by atoms with Crippen molar-refractivity contribution in [2.24, 2.45) is 0 Å². The molecule has 1 fully saturated rings. The average molecular weight is 401 g/mol. The van der Waals surface area contributed by atoms with Crippen LogP contribution in [0, 0.1) is 6.92 Å². The number of hydrogen-bond donors (Lipinski definition) is 0. The van der Waals surface area contributed by atoms with Crippen LogP contribution in [-0.4, -0.2) is 20.9 Å². The Hall–Kier alpha value is -3.16. The first-order chi connectivity index (χ1) is 13.8. The molecule has 5 nitrogen and oxygen atoms in total. The van der Waals surface area contributed by atoms with E-state index in [1.807, 2.05) is 31.2 Å². The molecule has 0 spiro atoms. The first kappa shape index (κ1) is 19.2. The lowest BCUT2D eigenvalue weighted by atomic mass is 10.1. The van der Waals surface area contributed by atoms with Crippen LogP contribution in [0.25, 0.3) is 11.4 Å². The van der Waals surface area contributed by atoms with Crippen molar-refractivity contribution in [1.82, 2.24) is 15.0 Å². The van der Waals surface area contributed by atoms with Gasteiger partial charge in [0, 0.05) is 18.5 Å². The van der Waals surface area contributed by atoms with Gasteiger partial charge in [-0.05, 0) is 36.6 Å². The van der Waals surface area contributed by atoms with Gasteiger partial charge in [-0.15, -0.1) is 0 Å². The molecule has 1 aromatic heterocycles. The van der Waals surface area contributed by atoms with Gasteiger partial charge in [0.15, 0.2) is 0 Å². The van der Waals surface area contributed by atoms with Crippen LogP contribution in [0.4, 0.5) is 13.2 Å². The number of hydrogen-bond acceptors (Lipinski definition) is 4. The minimum absolute atomic E-state index is 0.0166. The number of halogens is 3. The molecule has 8 heteroatoms. The van der Waals surface area contributed by atoms with Crippen molar-refractivity contribution < 1.29 is 22.5 Å². The molecule has 1 unspecified atom stereocenters. The predicted molar refractivity (Wildman–Crippen MR) is 98.4 cm³/mol. The van der Waals surface area contributed by atoms with Gasteiger partial charge in [0.05, 0.1) is 5.56 Å². The summed E-state index contributed by atoms with van der Waals surface area (Å²) in [5, 5.41) is 3.85. The molecule has 1 amide bonds. The zero-order valence-electron chi connectivity index (χ0n) is 15.6. The fourth-order valence-electron chi connectivity index (χ4n) is 3.48. The standard InChI is InChI=1S/C21H18F3N3O2/c1-13-5-2-3-6-15(13)12-27-17(9-10-18(27)28)20-25-19(26-29-20)14-7-4-8-16(11-14)21(22,23)24/h2-8,11,17H,9-10,12H2,1H3. The second-order valence-corrected chi connectivity index (χ2v) is 7.04. The molecule has 1 atom stereocenters. The van der Waals surface area contributed by atoms with Crippen molar-refractivity contribution in [2.45, 2.75) is 38.5 Å². The van der Waals surface area contributed by atoms with E-state index in [0.29, 0.717) is 19.4 Å². The lowest BCUT2D eigenvalue weighted by Gasteiger charge is -2.23. The van der Waals surface area contributed by atoms with E-state index in [2.05, 4.69) is 10.1 Å². The highest BCUT2D eigenvalue weighted by molar-refractivity contribution is 5.79. The molecule has 0 aliphatic carbocycles. The third-order valence-corrected chi connectivity index (χ3v) is 5.11. The van der Waals surface area contributed by atoms with Crippen LogP contribution in [0.1, 0.15) is 41.5 Å². The van der Waals surface area contributed by atoms with Crippen molar-refractivity contribution in [2.75, 3.05) is 0 Å². The quantitative estimate of drug-likeness (QED) is 0.622. The van der Waals surface area contributed by atoms with E-state index in [-0.39, 0.29) is 23.2 Å². The summed E-state index contributed by atoms with van der Waals surface area (Å²) >= 11 is 0. The van der Waals surface area contributed by atoms with Gasteiger partial charge >= 0.3 is 6.18 Å². The molecule has 150 valence electrons. The Kier molecular flexibility index (Phi) is 4.86. The maximum Gasteiger partial charge on any atom is 0.416 e. The molecule has 0 radical (unpaired) electrons. The number of aromatic nitrogens is 2. The normalized spacial score (nSPS) is 17.2. The van der Waals surface area contributed by atoms with E-state index in [9.17, 15) is 18.0 Å². The molecule has 1 aliphatic heterocycles. The van der Waals surface area contributed by atoms with Crippen LogP contribution in [0.2, 0.25) is 0 Å². The van der Waals surface area contributed by atoms with E-state index in [1.54, 1.807) is 4.90 Å². The highest BCUT2D eigenvalue weighted by atomic mass is 19.4. The minimum Gasteiger partial charge on any atom is -0.337 e. The molecular formula is C21H18F3N3O2. The SMILES string of the molecule is Cc1ccccc1CN1C(=O)CCC1c1nc(-c2cccc(C(F)(F)F)c2)no1. The van der Waals surface area contributed by atoms with Crippen molar-refractivity contribution >= 4 is 5.91 Å². The summed E-state index contributed by atoms with van der Waals surface area (Å²) in [5.41, 5.74) is 1.52. The first-order valence-corrected chi connectivity index (χ1v) is 9.18. The van der Waals surface area contributed by atoms with Gasteiger partial charge in [0.2, 0.25) is 17.6 Å². The molecule has 4 rings (SSSR count). The van der Waals surface area contributed by atoms with Gasteiger partial charge in [-0.1, -0.05) is 41.6 Å². The van der Waals surface area contributed by atoms with Crippen LogP contribution >= 0.6 is 0 Å². The molecule has 1 saturated heterocycles. The highest BCUT2D eigenvalue weighted by Crippen LogP contribution is 2.35. The monoisotopic (exact) mass is 401 g/mol. The van der Waals surface area contributed by atoms with E-state index in [1.165, 1.54) is 12.1 Å². The number of benzene rings is 2. The summed E-state index contributed by atoms with van der Waals surface area (Å²) in [7, 11) is 0. The van der Waals surface area contributed by atoms with E-state index in [0.717, 1.165) is 23.3 Å². The minimum atomic E-state index is -4.45. The number of carbonyl (C=O) groups excluding carboxylic acids is 1. The third-order valence-electron chi connectivity index (χ3n) is 5.11. The van der Waals surface area contributed by atoms with Crippen LogP contribution in [0.3, 0.4) is 0 Å². The van der Waals surface area contributed by atoms with Crippen molar-refractivity contribution in [3.8, 4) is 11.4 Å². The van der Waals surface area contributed by atoms with Gasteiger partial charge in [-0.2, -0.15) is 18.2 Å². The molecule has 0 bridgehead atoms. The number of carbonyl (C=O) groups is 1. The largest absolute Gasteiger partial charge is 0.416 e. The fraction of sp³-hybridized carbons (Fsp3) is 0.286. The van der Waals surface area contributed by atoms with Crippen LogP contribution in [0.5, 0.6) is 0 Å². The Bertz CT molecular complexity index is 1050. The Labute approximate surface area is 165 Å². The zero-order valence-corrected chi connectivity index (χ0v) is 15.6. The Morgan fingerprint density at radius 1 is 1.17 bits per heavy atom. The summed E-state index contributed by atoms with van der Waals surface area (Å²) in [5.74, 6) is 0.287. The van der Waals surface area contributed by atoms with Gasteiger partial charge in [0.1, 0.15) is 6.04 Å².